The summed E-state index contributed by atoms with van der Waals surface area (Å²) in [5.41, 5.74) is 12.3. The average Bonchev–Trinajstić information content (AvgIpc) is 3.28. The summed E-state index contributed by atoms with van der Waals surface area (Å²) in [6, 6.07) is 0. The highest BCUT2D eigenvalue weighted by Crippen LogP contribution is 2.68. The molecule has 0 aromatic carbocycles. The Bertz CT molecular complexity index is 804. The summed E-state index contributed by atoms with van der Waals surface area (Å²) in [6.07, 6.45) is 20.8. The molecule has 0 spiro atoms. The standard InChI is InChI=1S/C35H65N3O2/c1-25(2)10-8-11-26(3)30-14-15-31-29-13-12-27-24-28(16-18-34(27,4)32(29)17-19-35(30,31)5)40-33(39)38(23-9-21-37)22-7-6-20-36/h6,20,25-33,39H,7-19,21-24,36-37H2,1-5H3/b20-6+/t26?,27-,28?,29?,30?,31?,32?,33?,34?,35?/m0/s1. The van der Waals surface area contributed by atoms with E-state index < -0.39 is 6.41 Å². The molecule has 0 amide bonds. The van der Waals surface area contributed by atoms with Gasteiger partial charge in [-0.25, -0.2) is 0 Å². The van der Waals surface area contributed by atoms with Gasteiger partial charge in [0.15, 0.2) is 0 Å². The van der Waals surface area contributed by atoms with Gasteiger partial charge in [0.05, 0.1) is 6.10 Å². The second-order valence-corrected chi connectivity index (χ2v) is 15.4. The van der Waals surface area contributed by atoms with Crippen molar-refractivity contribution in [2.75, 3.05) is 19.6 Å². The Morgan fingerprint density at radius 2 is 1.68 bits per heavy atom. The van der Waals surface area contributed by atoms with E-state index >= 15 is 0 Å². The number of hydrogen-bond donors (Lipinski definition) is 3. The highest BCUT2D eigenvalue weighted by molar-refractivity contribution is 5.09. The highest BCUT2D eigenvalue weighted by atomic mass is 16.6. The van der Waals surface area contributed by atoms with Crippen molar-refractivity contribution in [3.63, 3.8) is 0 Å². The molecule has 4 fully saturated rings. The van der Waals surface area contributed by atoms with Crippen LogP contribution in [-0.4, -0.2) is 42.2 Å². The van der Waals surface area contributed by atoms with Crippen LogP contribution in [0, 0.1) is 52.3 Å². The van der Waals surface area contributed by atoms with Crippen LogP contribution in [0.25, 0.3) is 0 Å². The minimum Gasteiger partial charge on any atom is -0.405 e. The van der Waals surface area contributed by atoms with E-state index in [-0.39, 0.29) is 6.10 Å². The van der Waals surface area contributed by atoms with E-state index in [1.807, 2.05) is 11.0 Å². The molecule has 4 rings (SSSR count). The molecule has 5 heteroatoms. The predicted octanol–water partition coefficient (Wildman–Crippen LogP) is 7.28. The summed E-state index contributed by atoms with van der Waals surface area (Å²) in [7, 11) is 0. The van der Waals surface area contributed by atoms with Gasteiger partial charge in [-0.3, -0.25) is 4.90 Å². The van der Waals surface area contributed by atoms with Crippen LogP contribution in [0.2, 0.25) is 0 Å². The number of aliphatic hydroxyl groups excluding tert-OH is 1. The Kier molecular flexibility index (Phi) is 11.5. The normalized spacial score (nSPS) is 39.3. The zero-order valence-electron chi connectivity index (χ0n) is 26.8. The van der Waals surface area contributed by atoms with Gasteiger partial charge >= 0.3 is 0 Å². The maximum absolute atomic E-state index is 11.0. The van der Waals surface area contributed by atoms with Gasteiger partial charge < -0.3 is 21.3 Å². The highest BCUT2D eigenvalue weighted by Gasteiger charge is 2.60. The zero-order valence-corrected chi connectivity index (χ0v) is 26.8. The first kappa shape index (κ1) is 32.3. The topological polar surface area (TPSA) is 84.7 Å². The van der Waals surface area contributed by atoms with Crippen molar-refractivity contribution in [3.8, 4) is 0 Å². The fraction of sp³-hybridized carbons (Fsp3) is 0.943. The lowest BCUT2D eigenvalue weighted by Crippen LogP contribution is -2.54. The zero-order chi connectivity index (χ0) is 28.9. The van der Waals surface area contributed by atoms with Gasteiger partial charge in [-0.2, -0.15) is 0 Å². The molecule has 10 atom stereocenters. The quantitative estimate of drug-likeness (QED) is 0.195. The third kappa shape index (κ3) is 6.95. The van der Waals surface area contributed by atoms with Gasteiger partial charge in [0.25, 0.3) is 0 Å². The third-order valence-corrected chi connectivity index (χ3v) is 12.8. The van der Waals surface area contributed by atoms with E-state index in [4.69, 9.17) is 16.2 Å². The minimum atomic E-state index is -0.850. The smallest absolute Gasteiger partial charge is 0.216 e. The maximum atomic E-state index is 11.0. The Morgan fingerprint density at radius 3 is 2.40 bits per heavy atom. The van der Waals surface area contributed by atoms with Crippen LogP contribution in [0.4, 0.5) is 0 Å². The Labute approximate surface area is 247 Å². The van der Waals surface area contributed by atoms with Crippen LogP contribution in [-0.2, 0) is 4.74 Å². The number of nitrogens with two attached hydrogens (primary N) is 2. The second kappa shape index (κ2) is 14.2. The molecule has 0 aromatic rings. The summed E-state index contributed by atoms with van der Waals surface area (Å²) in [4.78, 5) is 2.03. The van der Waals surface area contributed by atoms with Crippen molar-refractivity contribution in [1.29, 1.82) is 0 Å². The molecule has 0 heterocycles. The molecule has 0 radical (unpaired) electrons. The lowest BCUT2D eigenvalue weighted by Gasteiger charge is -2.61. The SMILES string of the molecule is CC(C)CCCC(C)C1CCC2C3CC[C@H]4CC(OC(O)N(CC/C=C/N)CCCN)CCC4(C)C3CCC12C. The summed E-state index contributed by atoms with van der Waals surface area (Å²) >= 11 is 0. The van der Waals surface area contributed by atoms with Crippen LogP contribution in [0.5, 0.6) is 0 Å². The lowest BCUT2D eigenvalue weighted by molar-refractivity contribution is -0.236. The van der Waals surface area contributed by atoms with E-state index in [2.05, 4.69) is 34.6 Å². The van der Waals surface area contributed by atoms with E-state index in [9.17, 15) is 5.11 Å². The van der Waals surface area contributed by atoms with Crippen molar-refractivity contribution in [2.45, 2.75) is 137 Å². The van der Waals surface area contributed by atoms with E-state index in [1.54, 1.807) is 6.20 Å². The molecule has 0 bridgehead atoms. The van der Waals surface area contributed by atoms with Crippen molar-refractivity contribution in [1.82, 2.24) is 4.90 Å². The Balaban J connectivity index is 1.35. The molecule has 40 heavy (non-hydrogen) atoms. The number of rotatable bonds is 14. The second-order valence-electron chi connectivity index (χ2n) is 15.4. The number of aliphatic hydroxyl groups is 1. The van der Waals surface area contributed by atoms with Gasteiger partial charge in [-0.15, -0.1) is 0 Å². The molecule has 232 valence electrons. The molecule has 4 saturated carbocycles. The van der Waals surface area contributed by atoms with Crippen LogP contribution in [0.15, 0.2) is 12.3 Å². The molecule has 0 aliphatic heterocycles. The largest absolute Gasteiger partial charge is 0.405 e. The molecule has 5 nitrogen and oxygen atoms in total. The number of fused-ring (bicyclic) bond motifs is 5. The van der Waals surface area contributed by atoms with Gasteiger partial charge in [0.2, 0.25) is 6.41 Å². The lowest BCUT2D eigenvalue weighted by atomic mass is 9.44. The molecule has 4 aliphatic rings. The monoisotopic (exact) mass is 560 g/mol. The summed E-state index contributed by atoms with van der Waals surface area (Å²) in [5, 5.41) is 11.0. The van der Waals surface area contributed by atoms with Crippen molar-refractivity contribution in [2.24, 2.45) is 63.7 Å². The van der Waals surface area contributed by atoms with Gasteiger partial charge in [-0.1, -0.05) is 60.0 Å². The predicted molar refractivity (Wildman–Crippen MR) is 167 cm³/mol. The molecular formula is C35H65N3O2. The molecular weight excluding hydrogens is 494 g/mol. The maximum Gasteiger partial charge on any atom is 0.216 e. The summed E-state index contributed by atoms with van der Waals surface area (Å²) < 4.78 is 6.37. The van der Waals surface area contributed by atoms with Crippen molar-refractivity contribution >= 4 is 0 Å². The molecule has 9 unspecified atom stereocenters. The first-order valence-electron chi connectivity index (χ1n) is 17.3. The van der Waals surface area contributed by atoms with E-state index in [1.165, 1.54) is 64.2 Å². The van der Waals surface area contributed by atoms with Crippen LogP contribution in [0.3, 0.4) is 0 Å². The number of nitrogens with zero attached hydrogens (tertiary/aromatic N) is 1. The van der Waals surface area contributed by atoms with Gasteiger partial charge in [0, 0.05) is 13.1 Å². The van der Waals surface area contributed by atoms with Gasteiger partial charge in [-0.05, 0) is 136 Å². The summed E-state index contributed by atoms with van der Waals surface area (Å²) in [6.45, 7) is 14.8. The molecule has 5 N–H and O–H groups in total. The first-order valence-corrected chi connectivity index (χ1v) is 17.3. The number of hydrogen-bond acceptors (Lipinski definition) is 5. The van der Waals surface area contributed by atoms with Crippen molar-refractivity contribution in [3.05, 3.63) is 12.3 Å². The van der Waals surface area contributed by atoms with E-state index in [0.717, 1.165) is 80.2 Å². The fourth-order valence-electron chi connectivity index (χ4n) is 10.6. The Hall–Kier alpha value is -0.620. The fourth-order valence-corrected chi connectivity index (χ4v) is 10.6. The summed E-state index contributed by atoms with van der Waals surface area (Å²) in [5.74, 6) is 6.14. The van der Waals surface area contributed by atoms with Gasteiger partial charge in [0.1, 0.15) is 0 Å². The molecule has 0 aromatic heterocycles. The Morgan fingerprint density at radius 1 is 0.925 bits per heavy atom. The minimum absolute atomic E-state index is 0.159. The van der Waals surface area contributed by atoms with Crippen molar-refractivity contribution < 1.29 is 9.84 Å². The molecule has 0 saturated heterocycles. The van der Waals surface area contributed by atoms with Crippen LogP contribution < -0.4 is 11.5 Å². The van der Waals surface area contributed by atoms with Crippen LogP contribution >= 0.6 is 0 Å². The molecule has 4 aliphatic carbocycles. The van der Waals surface area contributed by atoms with E-state index in [0.29, 0.717) is 17.4 Å². The van der Waals surface area contributed by atoms with Crippen LogP contribution in [0.1, 0.15) is 125 Å². The first-order chi connectivity index (χ1) is 19.1. The third-order valence-electron chi connectivity index (χ3n) is 12.8. The average molecular weight is 560 g/mol. The number of ether oxygens (including phenoxy) is 1.